The number of halogens is 1. The summed E-state index contributed by atoms with van der Waals surface area (Å²) in [5.41, 5.74) is 3.93. The van der Waals surface area contributed by atoms with Crippen molar-refractivity contribution >= 4 is 46.2 Å². The molecule has 0 radical (unpaired) electrons. The number of carbonyl (C=O) groups is 1. The number of aliphatic imine (C=N–C) groups is 1. The standard InChI is InChI=1S/C29H29ClN2O3S/c1-4-22-9-7-8-10-24(22)31-29-32(5-2)28(33)27(36-29)18-21-13-16-25(26(17-21)34-6-3)35-19-20-11-14-23(30)15-12-20/h7-18H,4-6,19H2,1-3H3/b27-18+,31-29?. The summed E-state index contributed by atoms with van der Waals surface area (Å²) < 4.78 is 11.9. The number of para-hydroxylation sites is 1. The second-order valence-corrected chi connectivity index (χ2v) is 9.54. The third-order valence-electron chi connectivity index (χ3n) is 5.67. The van der Waals surface area contributed by atoms with Gasteiger partial charge in [0.1, 0.15) is 6.61 Å². The van der Waals surface area contributed by atoms with E-state index in [0.717, 1.165) is 28.8 Å². The molecule has 0 saturated carbocycles. The van der Waals surface area contributed by atoms with Crippen molar-refractivity contribution in [3.63, 3.8) is 0 Å². The van der Waals surface area contributed by atoms with E-state index < -0.39 is 0 Å². The Morgan fingerprint density at radius 2 is 1.75 bits per heavy atom. The van der Waals surface area contributed by atoms with E-state index in [0.29, 0.717) is 46.4 Å². The summed E-state index contributed by atoms with van der Waals surface area (Å²) in [7, 11) is 0. The predicted octanol–water partition coefficient (Wildman–Crippen LogP) is 7.50. The zero-order valence-electron chi connectivity index (χ0n) is 20.7. The molecule has 7 heteroatoms. The van der Waals surface area contributed by atoms with Gasteiger partial charge in [-0.2, -0.15) is 0 Å². The van der Waals surface area contributed by atoms with Crippen LogP contribution in [0.1, 0.15) is 37.5 Å². The van der Waals surface area contributed by atoms with Crippen LogP contribution in [0.5, 0.6) is 11.5 Å². The second kappa shape index (κ2) is 12.2. The van der Waals surface area contributed by atoms with E-state index in [1.165, 1.54) is 11.8 Å². The number of amidine groups is 1. The third-order valence-corrected chi connectivity index (χ3v) is 6.92. The van der Waals surface area contributed by atoms with Gasteiger partial charge >= 0.3 is 0 Å². The Hall–Kier alpha value is -3.22. The van der Waals surface area contributed by atoms with Gasteiger partial charge < -0.3 is 9.47 Å². The Labute approximate surface area is 221 Å². The lowest BCUT2D eigenvalue weighted by atomic mass is 10.1. The lowest BCUT2D eigenvalue weighted by Gasteiger charge is -2.13. The zero-order chi connectivity index (χ0) is 25.5. The number of carbonyl (C=O) groups excluding carboxylic acids is 1. The highest BCUT2D eigenvalue weighted by Crippen LogP contribution is 2.36. The van der Waals surface area contributed by atoms with Crippen LogP contribution in [0, 0.1) is 0 Å². The number of hydrogen-bond acceptors (Lipinski definition) is 5. The van der Waals surface area contributed by atoms with E-state index >= 15 is 0 Å². The number of hydrogen-bond donors (Lipinski definition) is 0. The summed E-state index contributed by atoms with van der Waals surface area (Å²) in [6.07, 6.45) is 2.77. The van der Waals surface area contributed by atoms with Crippen molar-refractivity contribution in [2.45, 2.75) is 33.8 Å². The summed E-state index contributed by atoms with van der Waals surface area (Å²) in [6, 6.07) is 21.3. The largest absolute Gasteiger partial charge is 0.490 e. The van der Waals surface area contributed by atoms with Crippen molar-refractivity contribution in [3.8, 4) is 11.5 Å². The molecule has 1 saturated heterocycles. The highest BCUT2D eigenvalue weighted by atomic mass is 35.5. The first kappa shape index (κ1) is 25.9. The zero-order valence-corrected chi connectivity index (χ0v) is 22.2. The van der Waals surface area contributed by atoms with Crippen LogP contribution in [0.4, 0.5) is 5.69 Å². The van der Waals surface area contributed by atoms with Crippen molar-refractivity contribution in [2.75, 3.05) is 13.2 Å². The van der Waals surface area contributed by atoms with Crippen LogP contribution in [0.3, 0.4) is 0 Å². The van der Waals surface area contributed by atoms with Crippen LogP contribution >= 0.6 is 23.4 Å². The fourth-order valence-corrected chi connectivity index (χ4v) is 4.97. The van der Waals surface area contributed by atoms with Crippen LogP contribution in [-0.4, -0.2) is 29.1 Å². The SMILES string of the molecule is CCOc1cc(/C=C2/SC(=Nc3ccccc3CC)N(CC)C2=O)ccc1OCc1ccc(Cl)cc1. The number of rotatable bonds is 9. The molecule has 5 nitrogen and oxygen atoms in total. The van der Waals surface area contributed by atoms with Crippen molar-refractivity contribution < 1.29 is 14.3 Å². The minimum absolute atomic E-state index is 0.0451. The summed E-state index contributed by atoms with van der Waals surface area (Å²) in [6.45, 7) is 7.45. The molecule has 0 spiro atoms. The fraction of sp³-hybridized carbons (Fsp3) is 0.241. The van der Waals surface area contributed by atoms with Crippen LogP contribution in [0.15, 0.2) is 76.6 Å². The average Bonchev–Trinajstić information content (AvgIpc) is 3.18. The second-order valence-electron chi connectivity index (χ2n) is 8.09. The van der Waals surface area contributed by atoms with E-state index in [1.807, 2.05) is 80.6 Å². The Morgan fingerprint density at radius 1 is 0.972 bits per heavy atom. The molecule has 4 rings (SSSR count). The van der Waals surface area contributed by atoms with Crippen LogP contribution in [0.25, 0.3) is 6.08 Å². The molecule has 1 aliphatic heterocycles. The van der Waals surface area contributed by atoms with Gasteiger partial charge in [0.05, 0.1) is 17.2 Å². The third kappa shape index (κ3) is 6.12. The lowest BCUT2D eigenvalue weighted by molar-refractivity contribution is -0.122. The number of benzene rings is 3. The van der Waals surface area contributed by atoms with E-state index in [2.05, 4.69) is 13.0 Å². The Kier molecular flexibility index (Phi) is 8.73. The van der Waals surface area contributed by atoms with Gasteiger partial charge in [0.2, 0.25) is 0 Å². The summed E-state index contributed by atoms with van der Waals surface area (Å²) in [4.78, 5) is 20.3. The topological polar surface area (TPSA) is 51.1 Å². The molecule has 1 fully saturated rings. The van der Waals surface area contributed by atoms with Crippen LogP contribution in [0.2, 0.25) is 5.02 Å². The number of thioether (sulfide) groups is 1. The molecule has 36 heavy (non-hydrogen) atoms. The maximum Gasteiger partial charge on any atom is 0.266 e. The van der Waals surface area contributed by atoms with Crippen LogP contribution in [-0.2, 0) is 17.8 Å². The maximum atomic E-state index is 13.1. The van der Waals surface area contributed by atoms with Gasteiger partial charge in [-0.25, -0.2) is 4.99 Å². The summed E-state index contributed by atoms with van der Waals surface area (Å²) in [5.74, 6) is 1.23. The first-order chi connectivity index (χ1) is 17.5. The van der Waals surface area contributed by atoms with Gasteiger partial charge in [-0.05, 0) is 85.1 Å². The van der Waals surface area contributed by atoms with Crippen LogP contribution < -0.4 is 9.47 Å². The van der Waals surface area contributed by atoms with E-state index in [-0.39, 0.29) is 5.91 Å². The molecular formula is C29H29ClN2O3S. The fourth-order valence-electron chi connectivity index (χ4n) is 3.79. The molecule has 3 aromatic rings. The minimum Gasteiger partial charge on any atom is -0.490 e. The molecule has 1 amide bonds. The number of ether oxygens (including phenoxy) is 2. The first-order valence-electron chi connectivity index (χ1n) is 12.0. The monoisotopic (exact) mass is 520 g/mol. The molecule has 3 aromatic carbocycles. The number of amides is 1. The average molecular weight is 521 g/mol. The van der Waals surface area contributed by atoms with Gasteiger partial charge in [0.25, 0.3) is 5.91 Å². The predicted molar refractivity (Wildman–Crippen MR) is 149 cm³/mol. The van der Waals surface area contributed by atoms with Gasteiger partial charge in [-0.15, -0.1) is 0 Å². The molecule has 0 atom stereocenters. The van der Waals surface area contributed by atoms with E-state index in [1.54, 1.807) is 4.90 Å². The Bertz CT molecular complexity index is 1290. The van der Waals surface area contributed by atoms with Gasteiger partial charge in [-0.3, -0.25) is 9.69 Å². The number of aryl methyl sites for hydroxylation is 1. The first-order valence-corrected chi connectivity index (χ1v) is 13.2. The van der Waals surface area contributed by atoms with Gasteiger partial charge in [-0.1, -0.05) is 54.9 Å². The molecule has 0 aromatic heterocycles. The van der Waals surface area contributed by atoms with Crippen molar-refractivity contribution in [1.29, 1.82) is 0 Å². The Balaban J connectivity index is 1.57. The van der Waals surface area contributed by atoms with E-state index in [9.17, 15) is 4.79 Å². The summed E-state index contributed by atoms with van der Waals surface area (Å²) in [5, 5.41) is 1.39. The highest BCUT2D eigenvalue weighted by Gasteiger charge is 2.32. The minimum atomic E-state index is -0.0451. The molecule has 0 unspecified atom stereocenters. The quantitative estimate of drug-likeness (QED) is 0.274. The molecule has 1 heterocycles. The smallest absolute Gasteiger partial charge is 0.266 e. The molecule has 186 valence electrons. The van der Waals surface area contributed by atoms with Gasteiger partial charge in [0.15, 0.2) is 16.7 Å². The number of nitrogens with zero attached hydrogens (tertiary/aromatic N) is 2. The molecule has 0 bridgehead atoms. The number of likely N-dealkylation sites (N-methyl/N-ethyl adjacent to an activating group) is 1. The normalized spacial score (nSPS) is 15.7. The van der Waals surface area contributed by atoms with E-state index in [4.69, 9.17) is 26.1 Å². The van der Waals surface area contributed by atoms with Crippen molar-refractivity contribution in [2.24, 2.45) is 4.99 Å². The Morgan fingerprint density at radius 3 is 2.47 bits per heavy atom. The maximum absolute atomic E-state index is 13.1. The highest BCUT2D eigenvalue weighted by molar-refractivity contribution is 8.18. The van der Waals surface area contributed by atoms with Crippen molar-refractivity contribution in [3.05, 3.63) is 93.3 Å². The lowest BCUT2D eigenvalue weighted by Crippen LogP contribution is -2.28. The molecule has 0 N–H and O–H groups in total. The molecule has 1 aliphatic rings. The summed E-state index contributed by atoms with van der Waals surface area (Å²) >= 11 is 7.37. The molecular weight excluding hydrogens is 492 g/mol. The molecule has 0 aliphatic carbocycles. The van der Waals surface area contributed by atoms with Gasteiger partial charge in [0, 0.05) is 11.6 Å². The van der Waals surface area contributed by atoms with Crippen molar-refractivity contribution in [1.82, 2.24) is 4.90 Å².